The summed E-state index contributed by atoms with van der Waals surface area (Å²) in [5, 5.41) is 2.55. The summed E-state index contributed by atoms with van der Waals surface area (Å²) in [6, 6.07) is 5.32. The quantitative estimate of drug-likeness (QED) is 0.878. The van der Waals surface area contributed by atoms with Gasteiger partial charge in [-0.1, -0.05) is 25.1 Å². The standard InChI is InChI=1S/C13H17F3N2O.ClH/c1-9(8-12(19)18-7-6-17)10-4-2-3-5-11(10)13(14,15)16;/h2-5,9H,6-8,17H2,1H3,(H,18,19);1H. The van der Waals surface area contributed by atoms with E-state index in [2.05, 4.69) is 5.32 Å². The van der Waals surface area contributed by atoms with Crippen molar-refractivity contribution in [3.8, 4) is 0 Å². The third-order valence-electron chi connectivity index (χ3n) is 2.76. The van der Waals surface area contributed by atoms with Gasteiger partial charge in [0.2, 0.25) is 5.91 Å². The summed E-state index contributed by atoms with van der Waals surface area (Å²) < 4.78 is 38.5. The fourth-order valence-electron chi connectivity index (χ4n) is 1.86. The highest BCUT2D eigenvalue weighted by Crippen LogP contribution is 2.35. The van der Waals surface area contributed by atoms with Crippen LogP contribution in [0.4, 0.5) is 13.2 Å². The van der Waals surface area contributed by atoms with E-state index in [0.717, 1.165) is 6.07 Å². The van der Waals surface area contributed by atoms with Gasteiger partial charge in [-0.15, -0.1) is 12.4 Å². The third-order valence-corrected chi connectivity index (χ3v) is 2.76. The van der Waals surface area contributed by atoms with Crippen LogP contribution in [-0.4, -0.2) is 19.0 Å². The number of hydrogen-bond acceptors (Lipinski definition) is 2. The van der Waals surface area contributed by atoms with Crippen molar-refractivity contribution in [2.24, 2.45) is 5.73 Å². The van der Waals surface area contributed by atoms with Crippen LogP contribution in [0, 0.1) is 0 Å². The second-order valence-corrected chi connectivity index (χ2v) is 4.33. The Labute approximate surface area is 122 Å². The largest absolute Gasteiger partial charge is 0.416 e. The molecule has 1 amide bonds. The van der Waals surface area contributed by atoms with Crippen LogP contribution in [0.25, 0.3) is 0 Å². The lowest BCUT2D eigenvalue weighted by atomic mass is 9.92. The van der Waals surface area contributed by atoms with Crippen LogP contribution in [0.15, 0.2) is 24.3 Å². The minimum absolute atomic E-state index is 0. The Morgan fingerprint density at radius 3 is 2.50 bits per heavy atom. The number of benzene rings is 1. The average Bonchev–Trinajstić information content (AvgIpc) is 2.35. The van der Waals surface area contributed by atoms with Gasteiger partial charge in [0.1, 0.15) is 0 Å². The van der Waals surface area contributed by atoms with Crippen molar-refractivity contribution in [3.05, 3.63) is 35.4 Å². The van der Waals surface area contributed by atoms with Crippen molar-refractivity contribution >= 4 is 18.3 Å². The van der Waals surface area contributed by atoms with E-state index in [4.69, 9.17) is 5.73 Å². The first-order valence-electron chi connectivity index (χ1n) is 5.99. The van der Waals surface area contributed by atoms with Gasteiger partial charge in [0.15, 0.2) is 0 Å². The van der Waals surface area contributed by atoms with Crippen LogP contribution in [0.3, 0.4) is 0 Å². The van der Waals surface area contributed by atoms with E-state index in [0.29, 0.717) is 13.1 Å². The van der Waals surface area contributed by atoms with Gasteiger partial charge in [-0.05, 0) is 17.5 Å². The highest BCUT2D eigenvalue weighted by atomic mass is 35.5. The Morgan fingerprint density at radius 2 is 1.95 bits per heavy atom. The van der Waals surface area contributed by atoms with Gasteiger partial charge in [-0.25, -0.2) is 0 Å². The molecule has 3 N–H and O–H groups in total. The number of carbonyl (C=O) groups is 1. The Bertz CT molecular complexity index is 438. The molecule has 0 radical (unpaired) electrons. The SMILES string of the molecule is CC(CC(=O)NCCN)c1ccccc1C(F)(F)F.Cl. The first-order valence-corrected chi connectivity index (χ1v) is 5.99. The number of carbonyl (C=O) groups excluding carboxylic acids is 1. The van der Waals surface area contributed by atoms with Gasteiger partial charge < -0.3 is 11.1 Å². The molecule has 3 nitrogen and oxygen atoms in total. The topological polar surface area (TPSA) is 55.1 Å². The molecule has 0 heterocycles. The van der Waals surface area contributed by atoms with Crippen molar-refractivity contribution in [3.63, 3.8) is 0 Å². The average molecular weight is 311 g/mol. The highest BCUT2D eigenvalue weighted by Gasteiger charge is 2.34. The Hall–Kier alpha value is -1.27. The van der Waals surface area contributed by atoms with Crippen molar-refractivity contribution in [1.82, 2.24) is 5.32 Å². The van der Waals surface area contributed by atoms with E-state index in [1.807, 2.05) is 0 Å². The first-order chi connectivity index (χ1) is 8.86. The smallest absolute Gasteiger partial charge is 0.355 e. The molecule has 1 atom stereocenters. The molecule has 0 saturated carbocycles. The normalized spacial score (nSPS) is 12.4. The Balaban J connectivity index is 0.00000361. The lowest BCUT2D eigenvalue weighted by Crippen LogP contribution is -2.30. The van der Waals surface area contributed by atoms with E-state index in [1.54, 1.807) is 13.0 Å². The van der Waals surface area contributed by atoms with E-state index in [1.165, 1.54) is 12.1 Å². The predicted molar refractivity (Wildman–Crippen MR) is 73.8 cm³/mol. The second kappa shape index (κ2) is 8.11. The third kappa shape index (κ3) is 5.38. The van der Waals surface area contributed by atoms with Crippen molar-refractivity contribution in [2.45, 2.75) is 25.4 Å². The predicted octanol–water partition coefficient (Wildman–Crippen LogP) is 2.70. The zero-order chi connectivity index (χ0) is 14.5. The number of nitrogens with two attached hydrogens (primary N) is 1. The molecule has 1 rings (SSSR count). The van der Waals surface area contributed by atoms with E-state index < -0.39 is 17.7 Å². The molecule has 1 aromatic carbocycles. The van der Waals surface area contributed by atoms with Crippen LogP contribution in [0.1, 0.15) is 30.4 Å². The summed E-state index contributed by atoms with van der Waals surface area (Å²) in [6.45, 7) is 2.23. The highest BCUT2D eigenvalue weighted by molar-refractivity contribution is 5.85. The summed E-state index contributed by atoms with van der Waals surface area (Å²) in [6.07, 6.45) is -4.40. The monoisotopic (exact) mass is 310 g/mol. The van der Waals surface area contributed by atoms with E-state index in [9.17, 15) is 18.0 Å². The molecule has 0 fully saturated rings. The molecule has 7 heteroatoms. The molecular weight excluding hydrogens is 293 g/mol. The Kier molecular flexibility index (Phi) is 7.60. The number of amides is 1. The maximum atomic E-state index is 12.8. The molecule has 0 spiro atoms. The second-order valence-electron chi connectivity index (χ2n) is 4.33. The van der Waals surface area contributed by atoms with Gasteiger partial charge in [0.05, 0.1) is 5.56 Å². The molecule has 0 saturated heterocycles. The molecule has 114 valence electrons. The summed E-state index contributed by atoms with van der Waals surface area (Å²) in [7, 11) is 0. The molecule has 20 heavy (non-hydrogen) atoms. The van der Waals surface area contributed by atoms with Crippen LogP contribution < -0.4 is 11.1 Å². The van der Waals surface area contributed by atoms with Crippen LogP contribution in [-0.2, 0) is 11.0 Å². The number of halogens is 4. The Morgan fingerprint density at radius 1 is 1.35 bits per heavy atom. The summed E-state index contributed by atoms with van der Waals surface area (Å²) in [4.78, 5) is 11.5. The summed E-state index contributed by atoms with van der Waals surface area (Å²) >= 11 is 0. The molecule has 1 unspecified atom stereocenters. The molecule has 0 aliphatic rings. The molecule has 0 aliphatic heterocycles. The zero-order valence-electron chi connectivity index (χ0n) is 11.0. The van der Waals surface area contributed by atoms with Gasteiger partial charge in [-0.2, -0.15) is 13.2 Å². The van der Waals surface area contributed by atoms with Crippen LogP contribution in [0.5, 0.6) is 0 Å². The summed E-state index contributed by atoms with van der Waals surface area (Å²) in [5.74, 6) is -0.800. The number of alkyl halides is 3. The molecule has 0 aliphatic carbocycles. The van der Waals surface area contributed by atoms with Gasteiger partial charge in [0, 0.05) is 19.5 Å². The number of rotatable bonds is 5. The van der Waals surface area contributed by atoms with Gasteiger partial charge in [-0.3, -0.25) is 4.79 Å². The fraction of sp³-hybridized carbons (Fsp3) is 0.462. The van der Waals surface area contributed by atoms with Gasteiger partial charge >= 0.3 is 6.18 Å². The summed E-state index contributed by atoms with van der Waals surface area (Å²) in [5.41, 5.74) is 4.69. The van der Waals surface area contributed by atoms with Crippen LogP contribution >= 0.6 is 12.4 Å². The minimum Gasteiger partial charge on any atom is -0.355 e. The molecular formula is C13H18ClF3N2O. The lowest BCUT2D eigenvalue weighted by molar-refractivity contribution is -0.138. The van der Waals surface area contributed by atoms with E-state index in [-0.39, 0.29) is 30.3 Å². The lowest BCUT2D eigenvalue weighted by Gasteiger charge is -2.18. The van der Waals surface area contributed by atoms with Crippen molar-refractivity contribution in [2.75, 3.05) is 13.1 Å². The molecule has 0 aromatic heterocycles. The maximum absolute atomic E-state index is 12.8. The zero-order valence-corrected chi connectivity index (χ0v) is 11.9. The van der Waals surface area contributed by atoms with Crippen molar-refractivity contribution in [1.29, 1.82) is 0 Å². The number of nitrogens with one attached hydrogen (secondary N) is 1. The van der Waals surface area contributed by atoms with Crippen LogP contribution in [0.2, 0.25) is 0 Å². The minimum atomic E-state index is -4.40. The fourth-order valence-corrected chi connectivity index (χ4v) is 1.86. The van der Waals surface area contributed by atoms with Crippen molar-refractivity contribution < 1.29 is 18.0 Å². The van der Waals surface area contributed by atoms with Gasteiger partial charge in [0.25, 0.3) is 0 Å². The molecule has 1 aromatic rings. The maximum Gasteiger partial charge on any atom is 0.416 e. The number of hydrogen-bond donors (Lipinski definition) is 2. The van der Waals surface area contributed by atoms with E-state index >= 15 is 0 Å². The first kappa shape index (κ1) is 18.7. The molecule has 0 bridgehead atoms.